The van der Waals surface area contributed by atoms with Crippen molar-refractivity contribution in [1.82, 2.24) is 34.3 Å². The Bertz CT molecular complexity index is 1450. The lowest BCUT2D eigenvalue weighted by Gasteiger charge is -2.25. The van der Waals surface area contributed by atoms with Gasteiger partial charge in [0.1, 0.15) is 17.9 Å². The number of nitrogens with zero attached hydrogens (tertiary/aromatic N) is 7. The van der Waals surface area contributed by atoms with E-state index in [4.69, 9.17) is 19.6 Å². The highest BCUT2D eigenvalue weighted by Crippen LogP contribution is 2.38. The Hall–Kier alpha value is -4.01. The Morgan fingerprint density at radius 2 is 1.89 bits per heavy atom. The van der Waals surface area contributed by atoms with E-state index in [0.29, 0.717) is 29.1 Å². The predicted octanol–water partition coefficient (Wildman–Crippen LogP) is 5.11. The average molecular weight is 500 g/mol. The normalized spacial score (nSPS) is 15.4. The van der Waals surface area contributed by atoms with Gasteiger partial charge in [-0.3, -0.25) is 4.57 Å². The van der Waals surface area contributed by atoms with Gasteiger partial charge in [0.2, 0.25) is 5.82 Å². The molecule has 0 amide bonds. The molecule has 1 aliphatic heterocycles. The maximum Gasteiger partial charge on any atom is 0.258 e. The third-order valence-corrected chi connectivity index (χ3v) is 6.80. The SMILES string of the molecule is COc1cc(C)c([C@@H]2CCCn3nc(/C=C/c4cnc(-n5cnc(C)c5)c(OC)n4)nc32)cc1C(C)C. The summed E-state index contributed by atoms with van der Waals surface area (Å²) in [6.07, 6.45) is 11.1. The van der Waals surface area contributed by atoms with Gasteiger partial charge in [-0.2, -0.15) is 5.10 Å². The fourth-order valence-corrected chi connectivity index (χ4v) is 4.92. The maximum atomic E-state index is 5.66. The molecule has 0 bridgehead atoms. The molecule has 0 fully saturated rings. The molecule has 1 aliphatic rings. The van der Waals surface area contributed by atoms with Crippen LogP contribution in [0.4, 0.5) is 0 Å². The van der Waals surface area contributed by atoms with Crippen LogP contribution in [0.2, 0.25) is 0 Å². The van der Waals surface area contributed by atoms with Gasteiger partial charge in [-0.05, 0) is 67.5 Å². The van der Waals surface area contributed by atoms with E-state index in [1.807, 2.05) is 30.0 Å². The summed E-state index contributed by atoms with van der Waals surface area (Å²) in [6.45, 7) is 9.34. The van der Waals surface area contributed by atoms with Crippen molar-refractivity contribution in [1.29, 1.82) is 0 Å². The first-order valence-corrected chi connectivity index (χ1v) is 12.6. The lowest BCUT2D eigenvalue weighted by Crippen LogP contribution is -2.19. The molecule has 1 atom stereocenters. The monoisotopic (exact) mass is 499 g/mol. The van der Waals surface area contributed by atoms with E-state index in [-0.39, 0.29) is 5.92 Å². The number of hydrogen-bond acceptors (Lipinski definition) is 7. The molecular weight excluding hydrogens is 466 g/mol. The highest BCUT2D eigenvalue weighted by atomic mass is 16.5. The Morgan fingerprint density at radius 3 is 2.59 bits per heavy atom. The van der Waals surface area contributed by atoms with Gasteiger partial charge in [-0.15, -0.1) is 0 Å². The van der Waals surface area contributed by atoms with E-state index in [1.165, 1.54) is 16.7 Å². The molecule has 192 valence electrons. The van der Waals surface area contributed by atoms with Crippen LogP contribution in [0.15, 0.2) is 30.9 Å². The van der Waals surface area contributed by atoms with Gasteiger partial charge in [0, 0.05) is 18.7 Å². The molecule has 0 saturated carbocycles. The largest absolute Gasteiger partial charge is 0.496 e. The summed E-state index contributed by atoms with van der Waals surface area (Å²) in [5.74, 6) is 4.20. The molecule has 0 saturated heterocycles. The van der Waals surface area contributed by atoms with Crippen molar-refractivity contribution in [2.45, 2.75) is 58.9 Å². The molecule has 4 heterocycles. The smallest absolute Gasteiger partial charge is 0.258 e. The zero-order valence-electron chi connectivity index (χ0n) is 22.3. The van der Waals surface area contributed by atoms with E-state index in [2.05, 4.69) is 47.9 Å². The molecule has 4 aromatic rings. The molecule has 37 heavy (non-hydrogen) atoms. The lowest BCUT2D eigenvalue weighted by molar-refractivity contribution is 0.393. The Kier molecular flexibility index (Phi) is 6.78. The number of ether oxygens (including phenoxy) is 2. The molecule has 0 unspecified atom stereocenters. The fourth-order valence-electron chi connectivity index (χ4n) is 4.92. The van der Waals surface area contributed by atoms with E-state index >= 15 is 0 Å². The predicted molar refractivity (Wildman–Crippen MR) is 142 cm³/mol. The first-order chi connectivity index (χ1) is 17.9. The Balaban J connectivity index is 1.43. The van der Waals surface area contributed by atoms with Crippen molar-refractivity contribution in [2.75, 3.05) is 14.2 Å². The number of benzene rings is 1. The second kappa shape index (κ2) is 10.2. The molecule has 9 nitrogen and oxygen atoms in total. The summed E-state index contributed by atoms with van der Waals surface area (Å²) in [6, 6.07) is 4.45. The summed E-state index contributed by atoms with van der Waals surface area (Å²) >= 11 is 0. The quantitative estimate of drug-likeness (QED) is 0.349. The number of fused-ring (bicyclic) bond motifs is 1. The average Bonchev–Trinajstić information content (AvgIpc) is 3.52. The van der Waals surface area contributed by atoms with Crippen LogP contribution in [0.5, 0.6) is 11.6 Å². The summed E-state index contributed by atoms with van der Waals surface area (Å²) in [7, 11) is 3.32. The molecule has 0 radical (unpaired) electrons. The number of aryl methyl sites for hydroxylation is 3. The molecule has 1 aromatic carbocycles. The molecule has 0 N–H and O–H groups in total. The number of rotatable bonds is 7. The van der Waals surface area contributed by atoms with Crippen LogP contribution < -0.4 is 9.47 Å². The summed E-state index contributed by atoms with van der Waals surface area (Å²) in [5.41, 5.74) is 5.30. The molecule has 0 aliphatic carbocycles. The third kappa shape index (κ3) is 4.85. The minimum absolute atomic E-state index is 0.199. The van der Waals surface area contributed by atoms with Crippen LogP contribution in [0, 0.1) is 13.8 Å². The van der Waals surface area contributed by atoms with Crippen molar-refractivity contribution in [3.8, 4) is 17.4 Å². The highest BCUT2D eigenvalue weighted by Gasteiger charge is 2.28. The molecule has 5 rings (SSSR count). The first-order valence-electron chi connectivity index (χ1n) is 12.6. The number of methoxy groups -OCH3 is 2. The molecule has 3 aromatic heterocycles. The zero-order valence-corrected chi connectivity index (χ0v) is 22.3. The van der Waals surface area contributed by atoms with Gasteiger partial charge in [0.25, 0.3) is 5.88 Å². The van der Waals surface area contributed by atoms with E-state index in [0.717, 1.165) is 36.7 Å². The van der Waals surface area contributed by atoms with Crippen LogP contribution >= 0.6 is 0 Å². The van der Waals surface area contributed by atoms with Crippen LogP contribution in [0.3, 0.4) is 0 Å². The van der Waals surface area contributed by atoms with Crippen molar-refractivity contribution < 1.29 is 9.47 Å². The van der Waals surface area contributed by atoms with Crippen LogP contribution in [0.25, 0.3) is 18.0 Å². The van der Waals surface area contributed by atoms with Gasteiger partial charge in [-0.1, -0.05) is 19.9 Å². The van der Waals surface area contributed by atoms with E-state index in [1.54, 1.807) is 31.3 Å². The summed E-state index contributed by atoms with van der Waals surface area (Å²) < 4.78 is 15.0. The summed E-state index contributed by atoms with van der Waals surface area (Å²) in [5, 5.41) is 4.78. The van der Waals surface area contributed by atoms with Crippen molar-refractivity contribution in [2.24, 2.45) is 0 Å². The molecule has 0 spiro atoms. The van der Waals surface area contributed by atoms with Gasteiger partial charge in [-0.25, -0.2) is 24.6 Å². The van der Waals surface area contributed by atoms with Gasteiger partial charge in [0.05, 0.1) is 31.8 Å². The van der Waals surface area contributed by atoms with Gasteiger partial charge < -0.3 is 9.47 Å². The van der Waals surface area contributed by atoms with Gasteiger partial charge >= 0.3 is 0 Å². The first kappa shape index (κ1) is 24.7. The van der Waals surface area contributed by atoms with Crippen molar-refractivity contribution in [3.05, 3.63) is 70.6 Å². The van der Waals surface area contributed by atoms with Crippen molar-refractivity contribution >= 4 is 12.2 Å². The fraction of sp³-hybridized carbons (Fsp3) is 0.393. The Labute approximate surface area is 217 Å². The maximum absolute atomic E-state index is 5.66. The van der Waals surface area contributed by atoms with Gasteiger partial charge in [0.15, 0.2) is 5.82 Å². The van der Waals surface area contributed by atoms with Crippen LogP contribution in [0.1, 0.15) is 78.3 Å². The molecule has 9 heteroatoms. The van der Waals surface area contributed by atoms with E-state index < -0.39 is 0 Å². The minimum Gasteiger partial charge on any atom is -0.496 e. The number of imidazole rings is 1. The minimum atomic E-state index is 0.199. The standard InChI is InChI=1S/C28H33N7O2/c1-17(2)22-13-23(18(3)12-24(22)36-5)21-8-7-11-35-26(21)32-25(33-35)10-9-20-14-29-27(28(31-20)37-6)34-15-19(4)30-16-34/h9-10,12-17,21H,7-8,11H2,1-6H3/b10-9+/t21-/m0/s1. The van der Waals surface area contributed by atoms with Crippen LogP contribution in [-0.4, -0.2) is 48.5 Å². The second-order valence-corrected chi connectivity index (χ2v) is 9.74. The zero-order chi connectivity index (χ0) is 26.1. The highest BCUT2D eigenvalue weighted by molar-refractivity contribution is 5.65. The lowest BCUT2D eigenvalue weighted by atomic mass is 9.85. The van der Waals surface area contributed by atoms with Crippen LogP contribution in [-0.2, 0) is 6.54 Å². The third-order valence-electron chi connectivity index (χ3n) is 6.80. The topological polar surface area (TPSA) is 92.8 Å². The van der Waals surface area contributed by atoms with Crippen molar-refractivity contribution in [3.63, 3.8) is 0 Å². The molecular formula is C28H33N7O2. The summed E-state index contributed by atoms with van der Waals surface area (Å²) in [4.78, 5) is 18.3. The second-order valence-electron chi connectivity index (χ2n) is 9.74. The number of aromatic nitrogens is 7. The number of hydrogen-bond donors (Lipinski definition) is 0. The van der Waals surface area contributed by atoms with E-state index in [9.17, 15) is 0 Å². The Morgan fingerprint density at radius 1 is 1.05 bits per heavy atom.